The third-order valence-electron chi connectivity index (χ3n) is 3.08. The molecule has 0 bridgehead atoms. The minimum absolute atomic E-state index is 0.0189. The van der Waals surface area contributed by atoms with Crippen molar-refractivity contribution in [3.8, 4) is 11.6 Å². The summed E-state index contributed by atoms with van der Waals surface area (Å²) >= 11 is 0. The number of benzene rings is 1. The van der Waals surface area contributed by atoms with Crippen molar-refractivity contribution in [3.05, 3.63) is 47.7 Å². The van der Waals surface area contributed by atoms with Crippen LogP contribution in [0, 0.1) is 0 Å². The number of aryl methyl sites for hydroxylation is 1. The quantitative estimate of drug-likeness (QED) is 0.755. The maximum Gasteiger partial charge on any atom is 0.264 e. The standard InChI is InChI=1S/C15H16ClNO4S/c1-3-11-4-5-13(14(8-11)22(16,18)19)21-10-12-6-7-17-15(9-12)20-2/h4-9H,3,10H2,1-2H3. The van der Waals surface area contributed by atoms with Crippen molar-refractivity contribution in [3.63, 3.8) is 0 Å². The van der Waals surface area contributed by atoms with Crippen LogP contribution in [0.4, 0.5) is 0 Å². The van der Waals surface area contributed by atoms with Gasteiger partial charge in [0, 0.05) is 22.9 Å². The van der Waals surface area contributed by atoms with Crippen molar-refractivity contribution >= 4 is 19.7 Å². The number of hydrogen-bond donors (Lipinski definition) is 0. The second-order valence-corrected chi connectivity index (χ2v) is 7.10. The summed E-state index contributed by atoms with van der Waals surface area (Å²) in [7, 11) is 3.13. The first kappa shape index (κ1) is 16.6. The molecule has 0 fully saturated rings. The van der Waals surface area contributed by atoms with Gasteiger partial charge in [0.05, 0.1) is 7.11 Å². The third-order valence-corrected chi connectivity index (χ3v) is 4.42. The molecule has 0 saturated carbocycles. The highest BCUT2D eigenvalue weighted by Crippen LogP contribution is 2.29. The van der Waals surface area contributed by atoms with Gasteiger partial charge < -0.3 is 9.47 Å². The van der Waals surface area contributed by atoms with Crippen LogP contribution in [-0.2, 0) is 22.1 Å². The molecule has 0 amide bonds. The molecule has 0 saturated heterocycles. The molecule has 0 spiro atoms. The summed E-state index contributed by atoms with van der Waals surface area (Å²) in [6, 6.07) is 8.44. The Bertz CT molecular complexity index is 762. The SMILES string of the molecule is CCc1ccc(OCc2ccnc(OC)c2)c(S(=O)(=O)Cl)c1. The molecule has 0 aliphatic heterocycles. The predicted molar refractivity (Wildman–Crippen MR) is 84.0 cm³/mol. The summed E-state index contributed by atoms with van der Waals surface area (Å²) in [5.74, 6) is 0.690. The first-order valence-electron chi connectivity index (χ1n) is 6.63. The summed E-state index contributed by atoms with van der Waals surface area (Å²) in [5, 5.41) is 0. The highest BCUT2D eigenvalue weighted by atomic mass is 35.7. The van der Waals surface area contributed by atoms with Gasteiger partial charge in [-0.1, -0.05) is 13.0 Å². The number of halogens is 1. The smallest absolute Gasteiger partial charge is 0.264 e. The number of aromatic nitrogens is 1. The Balaban J connectivity index is 2.25. The molecular weight excluding hydrogens is 326 g/mol. The minimum atomic E-state index is -3.87. The van der Waals surface area contributed by atoms with Crippen LogP contribution in [0.1, 0.15) is 18.1 Å². The summed E-state index contributed by atoms with van der Waals surface area (Å²) in [4.78, 5) is 3.98. The van der Waals surface area contributed by atoms with Crippen LogP contribution in [0.5, 0.6) is 11.6 Å². The molecule has 118 valence electrons. The van der Waals surface area contributed by atoms with Gasteiger partial charge in [0.15, 0.2) is 0 Å². The lowest BCUT2D eigenvalue weighted by Gasteiger charge is -2.11. The molecule has 0 aliphatic rings. The molecule has 22 heavy (non-hydrogen) atoms. The van der Waals surface area contributed by atoms with Crippen LogP contribution in [0.15, 0.2) is 41.4 Å². The molecule has 2 aromatic rings. The number of hydrogen-bond acceptors (Lipinski definition) is 5. The van der Waals surface area contributed by atoms with Crippen molar-refractivity contribution < 1.29 is 17.9 Å². The van der Waals surface area contributed by atoms with E-state index in [1.807, 2.05) is 13.0 Å². The average Bonchev–Trinajstić information content (AvgIpc) is 2.52. The molecule has 1 aromatic heterocycles. The van der Waals surface area contributed by atoms with Crippen LogP contribution in [-0.4, -0.2) is 20.5 Å². The number of pyridine rings is 1. The van der Waals surface area contributed by atoms with E-state index in [1.54, 1.807) is 24.4 Å². The molecule has 0 atom stereocenters. The van der Waals surface area contributed by atoms with E-state index in [0.717, 1.165) is 11.1 Å². The van der Waals surface area contributed by atoms with Crippen LogP contribution in [0.25, 0.3) is 0 Å². The highest BCUT2D eigenvalue weighted by Gasteiger charge is 2.17. The Labute approximate surface area is 134 Å². The third kappa shape index (κ3) is 4.11. The molecule has 0 radical (unpaired) electrons. The van der Waals surface area contributed by atoms with Gasteiger partial charge >= 0.3 is 0 Å². The second-order valence-electron chi connectivity index (χ2n) is 4.57. The Kier molecular flexibility index (Phi) is 5.26. The van der Waals surface area contributed by atoms with Crippen molar-refractivity contribution in [2.24, 2.45) is 0 Å². The molecule has 0 aliphatic carbocycles. The van der Waals surface area contributed by atoms with Gasteiger partial charge in [-0.25, -0.2) is 13.4 Å². The van der Waals surface area contributed by atoms with E-state index in [4.69, 9.17) is 20.2 Å². The molecule has 0 N–H and O–H groups in total. The normalized spacial score (nSPS) is 11.2. The first-order chi connectivity index (χ1) is 10.4. The lowest BCUT2D eigenvalue weighted by Crippen LogP contribution is -2.02. The van der Waals surface area contributed by atoms with Crippen molar-refractivity contribution in [2.45, 2.75) is 24.8 Å². The number of rotatable bonds is 6. The van der Waals surface area contributed by atoms with Crippen LogP contribution >= 0.6 is 10.7 Å². The summed E-state index contributed by atoms with van der Waals surface area (Å²) in [6.07, 6.45) is 2.30. The highest BCUT2D eigenvalue weighted by molar-refractivity contribution is 8.13. The fourth-order valence-electron chi connectivity index (χ4n) is 1.90. The van der Waals surface area contributed by atoms with Gasteiger partial charge in [-0.2, -0.15) is 0 Å². The van der Waals surface area contributed by atoms with E-state index in [9.17, 15) is 8.42 Å². The van der Waals surface area contributed by atoms with Crippen LogP contribution in [0.3, 0.4) is 0 Å². The van der Waals surface area contributed by atoms with E-state index in [0.29, 0.717) is 12.3 Å². The van der Waals surface area contributed by atoms with Gasteiger partial charge in [0.1, 0.15) is 17.3 Å². The second kappa shape index (κ2) is 6.98. The van der Waals surface area contributed by atoms with E-state index in [-0.39, 0.29) is 17.3 Å². The Morgan fingerprint density at radius 1 is 1.18 bits per heavy atom. The molecule has 1 aromatic carbocycles. The molecule has 1 heterocycles. The topological polar surface area (TPSA) is 65.5 Å². The lowest BCUT2D eigenvalue weighted by atomic mass is 10.2. The zero-order valence-electron chi connectivity index (χ0n) is 12.2. The molecule has 7 heteroatoms. The van der Waals surface area contributed by atoms with Gasteiger partial charge in [-0.05, 0) is 35.7 Å². The summed E-state index contributed by atoms with van der Waals surface area (Å²) < 4.78 is 34.0. The predicted octanol–water partition coefficient (Wildman–Crippen LogP) is 3.16. The maximum atomic E-state index is 11.7. The number of methoxy groups -OCH3 is 1. The monoisotopic (exact) mass is 341 g/mol. The zero-order chi connectivity index (χ0) is 16.2. The van der Waals surface area contributed by atoms with Gasteiger partial charge in [0.2, 0.25) is 5.88 Å². The Morgan fingerprint density at radius 3 is 2.59 bits per heavy atom. The summed E-state index contributed by atoms with van der Waals surface area (Å²) in [6.45, 7) is 2.12. The zero-order valence-corrected chi connectivity index (χ0v) is 13.8. The average molecular weight is 342 g/mol. The van der Waals surface area contributed by atoms with E-state index in [1.165, 1.54) is 13.2 Å². The van der Waals surface area contributed by atoms with Gasteiger partial charge in [-0.3, -0.25) is 0 Å². The van der Waals surface area contributed by atoms with Crippen LogP contribution in [0.2, 0.25) is 0 Å². The Morgan fingerprint density at radius 2 is 1.95 bits per heavy atom. The molecule has 0 unspecified atom stereocenters. The number of ether oxygens (including phenoxy) is 2. The molecule has 5 nitrogen and oxygen atoms in total. The lowest BCUT2D eigenvalue weighted by molar-refractivity contribution is 0.296. The molecule has 2 rings (SSSR count). The van der Waals surface area contributed by atoms with Gasteiger partial charge in [0.25, 0.3) is 9.05 Å². The maximum absolute atomic E-state index is 11.7. The fourth-order valence-corrected chi connectivity index (χ4v) is 2.92. The minimum Gasteiger partial charge on any atom is -0.487 e. The van der Waals surface area contributed by atoms with Crippen LogP contribution < -0.4 is 9.47 Å². The number of nitrogens with zero attached hydrogens (tertiary/aromatic N) is 1. The van der Waals surface area contributed by atoms with Gasteiger partial charge in [-0.15, -0.1) is 0 Å². The van der Waals surface area contributed by atoms with Crippen molar-refractivity contribution in [1.29, 1.82) is 0 Å². The summed E-state index contributed by atoms with van der Waals surface area (Å²) in [5.41, 5.74) is 1.68. The van der Waals surface area contributed by atoms with E-state index < -0.39 is 9.05 Å². The van der Waals surface area contributed by atoms with E-state index >= 15 is 0 Å². The van der Waals surface area contributed by atoms with Crippen molar-refractivity contribution in [1.82, 2.24) is 4.98 Å². The molecular formula is C15H16ClNO4S. The van der Waals surface area contributed by atoms with E-state index in [2.05, 4.69) is 4.98 Å². The Hall–Kier alpha value is -1.79. The first-order valence-corrected chi connectivity index (χ1v) is 8.94. The largest absolute Gasteiger partial charge is 0.487 e. The fraction of sp³-hybridized carbons (Fsp3) is 0.267. The van der Waals surface area contributed by atoms with Crippen molar-refractivity contribution in [2.75, 3.05) is 7.11 Å².